The molecule has 4 heteroatoms. The van der Waals surface area contributed by atoms with Crippen LogP contribution in [0.4, 0.5) is 5.69 Å². The van der Waals surface area contributed by atoms with Crippen LogP contribution in [0.1, 0.15) is 37.7 Å². The molecule has 0 aromatic heterocycles. The van der Waals surface area contributed by atoms with Crippen LogP contribution in [0.5, 0.6) is 0 Å². The molecule has 0 radical (unpaired) electrons. The molecule has 1 fully saturated rings. The molecule has 0 unspecified atom stereocenters. The first-order valence-electron chi connectivity index (χ1n) is 6.94. The number of nitrogens with zero attached hydrogens (tertiary/aromatic N) is 1. The van der Waals surface area contributed by atoms with Gasteiger partial charge in [-0.05, 0) is 24.0 Å². The number of hydrogen-bond acceptors (Lipinski definition) is 3. The molecule has 1 saturated carbocycles. The maximum absolute atomic E-state index is 4.60. The van der Waals surface area contributed by atoms with Gasteiger partial charge >= 0.3 is 0 Å². The fourth-order valence-electron chi connectivity index (χ4n) is 2.79. The van der Waals surface area contributed by atoms with Gasteiger partial charge in [0.2, 0.25) is 0 Å². The summed E-state index contributed by atoms with van der Waals surface area (Å²) in [6.45, 7) is 0.828. The highest BCUT2D eigenvalue weighted by Gasteiger charge is 2.16. The Morgan fingerprint density at radius 3 is 2.84 bits per heavy atom. The maximum atomic E-state index is 4.60. The van der Waals surface area contributed by atoms with Crippen molar-refractivity contribution >= 4 is 35.0 Å². The molecule has 0 spiro atoms. The summed E-state index contributed by atoms with van der Waals surface area (Å²) in [5.41, 5.74) is 2.54. The summed E-state index contributed by atoms with van der Waals surface area (Å²) in [6.07, 6.45) is 7.14. The lowest BCUT2D eigenvalue weighted by Crippen LogP contribution is -2.15. The monoisotopic (exact) mass is 296 g/mol. The highest BCUT2D eigenvalue weighted by molar-refractivity contribution is 8.14. The lowest BCUT2D eigenvalue weighted by atomic mass is 10.1. The van der Waals surface area contributed by atoms with Gasteiger partial charge < -0.3 is 5.32 Å². The molecule has 1 aromatic carbocycles. The van der Waals surface area contributed by atoms with E-state index in [1.807, 2.05) is 11.8 Å². The average Bonchev–Trinajstić information content (AvgIpc) is 2.92. The molecular formula is C15H21ClN2S. The van der Waals surface area contributed by atoms with E-state index in [1.54, 1.807) is 0 Å². The van der Waals surface area contributed by atoms with E-state index in [-0.39, 0.29) is 12.4 Å². The minimum absolute atomic E-state index is 0. The van der Waals surface area contributed by atoms with Crippen LogP contribution in [0, 0.1) is 5.92 Å². The minimum atomic E-state index is 0. The van der Waals surface area contributed by atoms with Gasteiger partial charge in [-0.15, -0.1) is 12.4 Å². The SMILES string of the molecule is Cl.c1ccc2c(c1)CN=C(SCCC1CCCC1)N2. The van der Waals surface area contributed by atoms with Crippen molar-refractivity contribution in [3.8, 4) is 0 Å². The number of thioether (sulfide) groups is 1. The second kappa shape index (κ2) is 7.20. The van der Waals surface area contributed by atoms with Crippen molar-refractivity contribution in [3.05, 3.63) is 29.8 Å². The third kappa shape index (κ3) is 3.90. The van der Waals surface area contributed by atoms with Crippen molar-refractivity contribution in [3.63, 3.8) is 0 Å². The molecule has 0 saturated heterocycles. The third-order valence-electron chi connectivity index (χ3n) is 3.89. The second-order valence-electron chi connectivity index (χ2n) is 5.19. The van der Waals surface area contributed by atoms with E-state index in [1.165, 1.54) is 49.1 Å². The lowest BCUT2D eigenvalue weighted by molar-refractivity contribution is 0.535. The summed E-state index contributed by atoms with van der Waals surface area (Å²) in [7, 11) is 0. The summed E-state index contributed by atoms with van der Waals surface area (Å²) >= 11 is 1.89. The topological polar surface area (TPSA) is 24.4 Å². The molecule has 104 valence electrons. The van der Waals surface area contributed by atoms with Crippen LogP contribution in [0.2, 0.25) is 0 Å². The van der Waals surface area contributed by atoms with Gasteiger partial charge in [0.15, 0.2) is 5.17 Å². The van der Waals surface area contributed by atoms with E-state index >= 15 is 0 Å². The molecule has 19 heavy (non-hydrogen) atoms. The highest BCUT2D eigenvalue weighted by Crippen LogP contribution is 2.29. The number of amidine groups is 1. The zero-order valence-corrected chi connectivity index (χ0v) is 12.7. The first kappa shape index (κ1) is 14.7. The highest BCUT2D eigenvalue weighted by atomic mass is 35.5. The molecule has 0 atom stereocenters. The molecule has 1 N–H and O–H groups in total. The largest absolute Gasteiger partial charge is 0.335 e. The van der Waals surface area contributed by atoms with Crippen LogP contribution in [0.15, 0.2) is 29.3 Å². The quantitative estimate of drug-likeness (QED) is 0.874. The number of nitrogens with one attached hydrogen (secondary N) is 1. The van der Waals surface area contributed by atoms with E-state index in [2.05, 4.69) is 34.6 Å². The van der Waals surface area contributed by atoms with Gasteiger partial charge in [-0.2, -0.15) is 0 Å². The Balaban J connectivity index is 0.00000133. The number of benzene rings is 1. The molecular weight excluding hydrogens is 276 g/mol. The molecule has 2 aliphatic rings. The molecule has 1 aliphatic carbocycles. The smallest absolute Gasteiger partial charge is 0.161 e. The molecule has 1 heterocycles. The van der Waals surface area contributed by atoms with E-state index in [4.69, 9.17) is 0 Å². The zero-order valence-electron chi connectivity index (χ0n) is 11.1. The number of aliphatic imine (C=N–C) groups is 1. The molecule has 1 aromatic rings. The van der Waals surface area contributed by atoms with Gasteiger partial charge in [-0.25, -0.2) is 0 Å². The number of para-hydroxylation sites is 1. The van der Waals surface area contributed by atoms with E-state index < -0.39 is 0 Å². The van der Waals surface area contributed by atoms with Gasteiger partial charge in [0.25, 0.3) is 0 Å². The van der Waals surface area contributed by atoms with Crippen molar-refractivity contribution in [2.75, 3.05) is 11.1 Å². The Bertz CT molecular complexity index is 442. The van der Waals surface area contributed by atoms with Crippen LogP contribution in [0.3, 0.4) is 0 Å². The Hall–Kier alpha value is -0.670. The van der Waals surface area contributed by atoms with Crippen LogP contribution in [0.25, 0.3) is 0 Å². The maximum Gasteiger partial charge on any atom is 0.161 e. The lowest BCUT2D eigenvalue weighted by Gasteiger charge is -2.18. The normalized spacial score (nSPS) is 18.2. The van der Waals surface area contributed by atoms with Crippen molar-refractivity contribution in [2.24, 2.45) is 10.9 Å². The van der Waals surface area contributed by atoms with Crippen LogP contribution < -0.4 is 5.32 Å². The predicted octanol–water partition coefficient (Wildman–Crippen LogP) is 4.70. The zero-order chi connectivity index (χ0) is 12.2. The van der Waals surface area contributed by atoms with Crippen molar-refractivity contribution in [1.29, 1.82) is 0 Å². The molecule has 0 amide bonds. The summed E-state index contributed by atoms with van der Waals surface area (Å²) in [6, 6.07) is 8.44. The predicted molar refractivity (Wildman–Crippen MR) is 87.5 cm³/mol. The first-order valence-corrected chi connectivity index (χ1v) is 7.92. The van der Waals surface area contributed by atoms with Crippen LogP contribution >= 0.6 is 24.2 Å². The summed E-state index contributed by atoms with van der Waals surface area (Å²) in [4.78, 5) is 4.60. The Morgan fingerprint density at radius 1 is 1.21 bits per heavy atom. The Kier molecular flexibility index (Phi) is 5.59. The van der Waals surface area contributed by atoms with Gasteiger partial charge in [0.05, 0.1) is 6.54 Å². The molecule has 3 rings (SSSR count). The fourth-order valence-corrected chi connectivity index (χ4v) is 3.78. The van der Waals surface area contributed by atoms with E-state index in [0.29, 0.717) is 0 Å². The van der Waals surface area contributed by atoms with E-state index in [9.17, 15) is 0 Å². The van der Waals surface area contributed by atoms with Crippen molar-refractivity contribution in [2.45, 2.75) is 38.6 Å². The molecule has 2 nitrogen and oxygen atoms in total. The number of rotatable bonds is 3. The average molecular weight is 297 g/mol. The number of fused-ring (bicyclic) bond motifs is 1. The van der Waals surface area contributed by atoms with E-state index in [0.717, 1.165) is 17.6 Å². The number of hydrogen-bond donors (Lipinski definition) is 1. The van der Waals surface area contributed by atoms with Crippen LogP contribution in [-0.4, -0.2) is 10.9 Å². The number of anilines is 1. The van der Waals surface area contributed by atoms with Gasteiger partial charge in [0.1, 0.15) is 0 Å². The van der Waals surface area contributed by atoms with Crippen molar-refractivity contribution in [1.82, 2.24) is 0 Å². The minimum Gasteiger partial charge on any atom is -0.335 e. The second-order valence-corrected chi connectivity index (χ2v) is 6.27. The standard InChI is InChI=1S/C15H20N2S.ClH/c1-2-6-12(5-1)9-10-18-15-16-11-13-7-3-4-8-14(13)17-15;/h3-4,7-8,12H,1-2,5-6,9-11H2,(H,16,17);1H. The molecule has 0 bridgehead atoms. The summed E-state index contributed by atoms with van der Waals surface area (Å²) in [5.74, 6) is 2.19. The van der Waals surface area contributed by atoms with Gasteiger partial charge in [-0.3, -0.25) is 4.99 Å². The first-order chi connectivity index (χ1) is 8.92. The van der Waals surface area contributed by atoms with Crippen molar-refractivity contribution < 1.29 is 0 Å². The van der Waals surface area contributed by atoms with Gasteiger partial charge in [-0.1, -0.05) is 55.6 Å². The fraction of sp³-hybridized carbons (Fsp3) is 0.533. The van der Waals surface area contributed by atoms with Gasteiger partial charge in [0, 0.05) is 11.4 Å². The van der Waals surface area contributed by atoms with Crippen LogP contribution in [-0.2, 0) is 6.54 Å². The Labute approximate surface area is 125 Å². The third-order valence-corrected chi connectivity index (χ3v) is 4.84. The summed E-state index contributed by atoms with van der Waals surface area (Å²) < 4.78 is 0. The summed E-state index contributed by atoms with van der Waals surface area (Å²) in [5, 5.41) is 4.54. The Morgan fingerprint density at radius 2 is 2.00 bits per heavy atom. The number of halogens is 1. The molecule has 1 aliphatic heterocycles.